The van der Waals surface area contributed by atoms with Crippen LogP contribution in [0.2, 0.25) is 0 Å². The highest BCUT2D eigenvalue weighted by Crippen LogP contribution is 2.61. The molecule has 4 bridgehead atoms. The monoisotopic (exact) mass is 434 g/mol. The minimum atomic E-state index is -0.374. The van der Waals surface area contributed by atoms with Crippen LogP contribution in [-0.2, 0) is 19.1 Å². The van der Waals surface area contributed by atoms with E-state index >= 15 is 0 Å². The number of carbonyl (C=O) groups excluding carboxylic acids is 2. The molecule has 4 rings (SSSR count). The van der Waals surface area contributed by atoms with E-state index < -0.39 is 0 Å². The molecule has 4 aliphatic rings. The van der Waals surface area contributed by atoms with Crippen LogP contribution in [0, 0.1) is 34.5 Å². The van der Waals surface area contributed by atoms with Gasteiger partial charge in [0.25, 0.3) is 0 Å². The molecule has 0 radical (unpaired) electrons. The summed E-state index contributed by atoms with van der Waals surface area (Å²) in [7, 11) is 0. The van der Waals surface area contributed by atoms with Crippen molar-refractivity contribution >= 4 is 11.9 Å². The van der Waals surface area contributed by atoms with Crippen molar-refractivity contribution in [3.05, 3.63) is 12.7 Å². The van der Waals surface area contributed by atoms with Gasteiger partial charge in [0.1, 0.15) is 0 Å². The summed E-state index contributed by atoms with van der Waals surface area (Å²) >= 11 is 0. The minimum Gasteiger partial charge on any atom is -0.465 e. The Morgan fingerprint density at radius 3 is 2.00 bits per heavy atom. The third kappa shape index (κ3) is 6.12. The predicted octanol–water partition coefficient (Wildman–Crippen LogP) is 5.06. The summed E-state index contributed by atoms with van der Waals surface area (Å²) < 4.78 is 11.0. The molecule has 0 heterocycles. The number of hydrogen-bond donors (Lipinski definition) is 1. The molecule has 176 valence electrons. The van der Waals surface area contributed by atoms with Crippen molar-refractivity contribution in [1.82, 2.24) is 0 Å². The maximum Gasteiger partial charge on any atom is 0.306 e. The van der Waals surface area contributed by atoms with E-state index in [-0.39, 0.29) is 48.5 Å². The zero-order chi connectivity index (χ0) is 22.5. The molecule has 0 aromatic carbocycles. The first kappa shape index (κ1) is 24.3. The largest absolute Gasteiger partial charge is 0.465 e. The van der Waals surface area contributed by atoms with Gasteiger partial charge in [0, 0.05) is 0 Å². The molecule has 0 spiro atoms. The number of allylic oxidation sites excluding steroid dienone is 1. The molecule has 1 unspecified atom stereocenters. The maximum atomic E-state index is 12.6. The average molecular weight is 435 g/mol. The van der Waals surface area contributed by atoms with Gasteiger partial charge in [-0.1, -0.05) is 19.9 Å². The number of ether oxygens (including phenoxy) is 2. The molecular formula is C26H42O5. The summed E-state index contributed by atoms with van der Waals surface area (Å²) in [6.07, 6.45) is 12.9. The lowest BCUT2D eigenvalue weighted by molar-refractivity contribution is -0.156. The molecule has 4 saturated carbocycles. The second kappa shape index (κ2) is 10.5. The summed E-state index contributed by atoms with van der Waals surface area (Å²) in [4.78, 5) is 25.0. The van der Waals surface area contributed by atoms with Gasteiger partial charge in [-0.3, -0.25) is 9.59 Å². The molecule has 0 saturated heterocycles. The average Bonchev–Trinajstić information content (AvgIpc) is 2.72. The summed E-state index contributed by atoms with van der Waals surface area (Å²) in [6.45, 7) is 7.99. The van der Waals surface area contributed by atoms with Gasteiger partial charge < -0.3 is 14.6 Å². The Morgan fingerprint density at radius 1 is 1.03 bits per heavy atom. The van der Waals surface area contributed by atoms with Crippen LogP contribution in [0.5, 0.6) is 0 Å². The molecular weight excluding hydrogens is 392 g/mol. The Kier molecular flexibility index (Phi) is 8.23. The van der Waals surface area contributed by atoms with Gasteiger partial charge >= 0.3 is 11.9 Å². The van der Waals surface area contributed by atoms with Gasteiger partial charge in [0.15, 0.2) is 0 Å². The number of hydrogen-bond acceptors (Lipinski definition) is 5. The first-order valence-electron chi connectivity index (χ1n) is 12.4. The van der Waals surface area contributed by atoms with Crippen LogP contribution < -0.4 is 0 Å². The first-order valence-corrected chi connectivity index (χ1v) is 12.4. The van der Waals surface area contributed by atoms with Crippen molar-refractivity contribution in [2.75, 3.05) is 19.8 Å². The minimum absolute atomic E-state index is 0.0809. The van der Waals surface area contributed by atoms with Crippen molar-refractivity contribution in [3.8, 4) is 0 Å². The molecule has 5 heteroatoms. The Balaban J connectivity index is 1.41. The second-order valence-corrected chi connectivity index (χ2v) is 10.9. The number of aliphatic hydroxyl groups excluding tert-OH is 1. The van der Waals surface area contributed by atoms with Crippen molar-refractivity contribution in [3.63, 3.8) is 0 Å². The summed E-state index contributed by atoms with van der Waals surface area (Å²) in [5.41, 5.74) is 0.0413. The SMILES string of the molecule is C=CCC(CC)(CC)CC(=O)OCC(CO)COC(=O)CC12CC3CC(CC(C3)C1)C2. The fourth-order valence-electron chi connectivity index (χ4n) is 6.96. The van der Waals surface area contributed by atoms with E-state index in [1.807, 2.05) is 6.08 Å². The van der Waals surface area contributed by atoms with Crippen molar-refractivity contribution in [1.29, 1.82) is 0 Å². The molecule has 0 aromatic rings. The summed E-state index contributed by atoms with van der Waals surface area (Å²) in [5.74, 6) is 1.63. The summed E-state index contributed by atoms with van der Waals surface area (Å²) in [5, 5.41) is 9.67. The first-order chi connectivity index (χ1) is 14.8. The lowest BCUT2D eigenvalue weighted by Crippen LogP contribution is -2.47. The van der Waals surface area contributed by atoms with Crippen LogP contribution in [0.25, 0.3) is 0 Å². The Morgan fingerprint density at radius 2 is 1.55 bits per heavy atom. The standard InChI is InChI=1S/C26H42O5/c1-4-7-25(5-2,6-3)14-23(28)30-17-22(16-27)18-31-24(29)15-26-11-19-8-20(12-26)10-21(9-19)13-26/h4,19-22,27H,1,5-18H2,2-3H3. The molecule has 31 heavy (non-hydrogen) atoms. The lowest BCUT2D eigenvalue weighted by Gasteiger charge is -2.56. The third-order valence-electron chi connectivity index (χ3n) is 8.50. The summed E-state index contributed by atoms with van der Waals surface area (Å²) in [6, 6.07) is 0. The van der Waals surface area contributed by atoms with Crippen LogP contribution in [0.3, 0.4) is 0 Å². The lowest BCUT2D eigenvalue weighted by atomic mass is 9.49. The maximum absolute atomic E-state index is 12.6. The van der Waals surface area contributed by atoms with Crippen molar-refractivity contribution in [2.24, 2.45) is 34.5 Å². The van der Waals surface area contributed by atoms with Gasteiger partial charge in [-0.15, -0.1) is 6.58 Å². The Bertz CT molecular complexity index is 600. The molecule has 5 nitrogen and oxygen atoms in total. The molecule has 0 aromatic heterocycles. The quantitative estimate of drug-likeness (QED) is 0.324. The normalized spacial score (nSPS) is 30.1. The van der Waals surface area contributed by atoms with Crippen LogP contribution in [0.15, 0.2) is 12.7 Å². The van der Waals surface area contributed by atoms with Gasteiger partial charge in [0.2, 0.25) is 0 Å². The fraction of sp³-hybridized carbons (Fsp3) is 0.846. The predicted molar refractivity (Wildman–Crippen MR) is 120 cm³/mol. The highest BCUT2D eigenvalue weighted by atomic mass is 16.5. The van der Waals surface area contributed by atoms with Crippen LogP contribution in [0.4, 0.5) is 0 Å². The van der Waals surface area contributed by atoms with Gasteiger partial charge in [-0.05, 0) is 86.4 Å². The van der Waals surface area contributed by atoms with E-state index in [0.29, 0.717) is 12.8 Å². The molecule has 4 fully saturated rings. The fourth-order valence-corrected chi connectivity index (χ4v) is 6.96. The molecule has 1 atom stereocenters. The number of aliphatic hydroxyl groups is 1. The molecule has 0 aliphatic heterocycles. The molecule has 4 aliphatic carbocycles. The van der Waals surface area contributed by atoms with Crippen molar-refractivity contribution < 1.29 is 24.2 Å². The van der Waals surface area contributed by atoms with E-state index in [2.05, 4.69) is 20.4 Å². The van der Waals surface area contributed by atoms with E-state index in [1.54, 1.807) is 0 Å². The van der Waals surface area contributed by atoms with Crippen LogP contribution in [-0.4, -0.2) is 36.9 Å². The van der Waals surface area contributed by atoms with Gasteiger partial charge in [-0.2, -0.15) is 0 Å². The third-order valence-corrected chi connectivity index (χ3v) is 8.50. The van der Waals surface area contributed by atoms with E-state index in [0.717, 1.165) is 37.0 Å². The zero-order valence-electron chi connectivity index (χ0n) is 19.6. The van der Waals surface area contributed by atoms with E-state index in [1.165, 1.54) is 38.5 Å². The van der Waals surface area contributed by atoms with Gasteiger partial charge in [-0.25, -0.2) is 0 Å². The van der Waals surface area contributed by atoms with Crippen LogP contribution in [0.1, 0.15) is 84.5 Å². The molecule has 0 amide bonds. The second-order valence-electron chi connectivity index (χ2n) is 10.9. The highest BCUT2D eigenvalue weighted by Gasteiger charge is 2.51. The zero-order valence-corrected chi connectivity index (χ0v) is 19.6. The Labute approximate surface area is 188 Å². The van der Waals surface area contributed by atoms with E-state index in [4.69, 9.17) is 9.47 Å². The molecule has 1 N–H and O–H groups in total. The van der Waals surface area contributed by atoms with Crippen molar-refractivity contribution in [2.45, 2.75) is 84.5 Å². The van der Waals surface area contributed by atoms with Crippen LogP contribution >= 0.6 is 0 Å². The van der Waals surface area contributed by atoms with E-state index in [9.17, 15) is 14.7 Å². The number of rotatable bonds is 13. The van der Waals surface area contributed by atoms with Gasteiger partial charge in [0.05, 0.1) is 38.6 Å². The Hall–Kier alpha value is -1.36. The number of carbonyl (C=O) groups is 2. The smallest absolute Gasteiger partial charge is 0.306 e. The highest BCUT2D eigenvalue weighted by molar-refractivity contribution is 5.71. The number of esters is 2. The topological polar surface area (TPSA) is 72.8 Å².